The normalized spacial score (nSPS) is 24.5. The summed E-state index contributed by atoms with van der Waals surface area (Å²) in [7, 11) is -3.48. The highest BCUT2D eigenvalue weighted by atomic mass is 32.2. The predicted molar refractivity (Wildman–Crippen MR) is 77.3 cm³/mol. The van der Waals surface area contributed by atoms with Crippen molar-refractivity contribution in [2.45, 2.75) is 31.2 Å². The number of rotatable bonds is 3. The summed E-state index contributed by atoms with van der Waals surface area (Å²) in [5.41, 5.74) is 5.87. The molecule has 2 rings (SSSR count). The van der Waals surface area contributed by atoms with Crippen molar-refractivity contribution in [3.63, 3.8) is 0 Å². The zero-order valence-corrected chi connectivity index (χ0v) is 12.5. The van der Waals surface area contributed by atoms with Gasteiger partial charge in [-0.15, -0.1) is 0 Å². The molecule has 1 aromatic heterocycles. The third kappa shape index (κ3) is 2.77. The third-order valence-corrected chi connectivity index (χ3v) is 5.49. The molecule has 0 spiro atoms. The summed E-state index contributed by atoms with van der Waals surface area (Å²) in [6, 6.07) is 3.07. The van der Waals surface area contributed by atoms with Crippen LogP contribution in [0.25, 0.3) is 0 Å². The van der Waals surface area contributed by atoms with Crippen LogP contribution >= 0.6 is 12.2 Å². The Kier molecular flexibility index (Phi) is 3.89. The minimum atomic E-state index is -3.48. The molecule has 1 fully saturated rings. The van der Waals surface area contributed by atoms with Gasteiger partial charge in [0.25, 0.3) is 0 Å². The van der Waals surface area contributed by atoms with Gasteiger partial charge in [0.05, 0.1) is 5.69 Å². The first kappa shape index (κ1) is 14.4. The molecule has 7 heteroatoms. The smallest absolute Gasteiger partial charge is 0.244 e. The van der Waals surface area contributed by atoms with E-state index in [4.69, 9.17) is 18.0 Å². The van der Waals surface area contributed by atoms with Gasteiger partial charge in [0.15, 0.2) is 0 Å². The van der Waals surface area contributed by atoms with Crippen LogP contribution in [0.4, 0.5) is 0 Å². The van der Waals surface area contributed by atoms with Crippen LogP contribution in [-0.4, -0.2) is 35.3 Å². The van der Waals surface area contributed by atoms with Gasteiger partial charge < -0.3 is 5.73 Å². The molecule has 5 nitrogen and oxygen atoms in total. The van der Waals surface area contributed by atoms with Gasteiger partial charge in [0, 0.05) is 18.8 Å². The molecule has 0 aliphatic carbocycles. The van der Waals surface area contributed by atoms with Crippen LogP contribution < -0.4 is 5.73 Å². The predicted octanol–water partition coefficient (Wildman–Crippen LogP) is 1.13. The molecule has 2 atom stereocenters. The summed E-state index contributed by atoms with van der Waals surface area (Å²) in [6.45, 7) is 4.54. The number of nitrogens with two attached hydrogens (primary N) is 1. The summed E-state index contributed by atoms with van der Waals surface area (Å²) in [5, 5.41) is 0. The van der Waals surface area contributed by atoms with E-state index in [9.17, 15) is 8.42 Å². The number of aromatic nitrogens is 1. The number of nitrogens with zero attached hydrogens (tertiary/aromatic N) is 2. The lowest BCUT2D eigenvalue weighted by molar-refractivity contribution is 0.405. The lowest BCUT2D eigenvalue weighted by Crippen LogP contribution is -2.34. The van der Waals surface area contributed by atoms with Crippen LogP contribution in [0.3, 0.4) is 0 Å². The SMILES string of the molecule is CC1CC(C)N(S(=O)(=O)c2ccc(C(N)=S)nc2)C1. The average Bonchev–Trinajstić information content (AvgIpc) is 2.69. The minimum absolute atomic E-state index is 0.0234. The van der Waals surface area contributed by atoms with Crippen molar-refractivity contribution in [2.75, 3.05) is 6.54 Å². The maximum Gasteiger partial charge on any atom is 0.244 e. The van der Waals surface area contributed by atoms with Gasteiger partial charge in [-0.05, 0) is 31.4 Å². The second-order valence-electron chi connectivity index (χ2n) is 5.01. The third-order valence-electron chi connectivity index (χ3n) is 3.32. The van der Waals surface area contributed by atoms with E-state index in [1.807, 2.05) is 6.92 Å². The highest BCUT2D eigenvalue weighted by molar-refractivity contribution is 7.89. The maximum atomic E-state index is 12.5. The quantitative estimate of drug-likeness (QED) is 0.847. The first-order valence-electron chi connectivity index (χ1n) is 6.10. The van der Waals surface area contributed by atoms with E-state index in [0.29, 0.717) is 18.2 Å². The summed E-state index contributed by atoms with van der Waals surface area (Å²) >= 11 is 4.80. The molecule has 0 amide bonds. The summed E-state index contributed by atoms with van der Waals surface area (Å²) in [6.07, 6.45) is 2.21. The number of thiocarbonyl (C=S) groups is 1. The monoisotopic (exact) mass is 299 g/mol. The van der Waals surface area contributed by atoms with Crippen LogP contribution in [0.2, 0.25) is 0 Å². The zero-order valence-electron chi connectivity index (χ0n) is 10.9. The molecule has 1 aliphatic rings. The molecule has 0 bridgehead atoms. The molecule has 2 N–H and O–H groups in total. The highest BCUT2D eigenvalue weighted by Gasteiger charge is 2.36. The number of pyridine rings is 1. The van der Waals surface area contributed by atoms with Crippen molar-refractivity contribution in [2.24, 2.45) is 11.7 Å². The van der Waals surface area contributed by atoms with Crippen molar-refractivity contribution in [3.05, 3.63) is 24.0 Å². The van der Waals surface area contributed by atoms with Crippen LogP contribution in [0.15, 0.2) is 23.2 Å². The molecule has 1 aromatic rings. The van der Waals surface area contributed by atoms with E-state index >= 15 is 0 Å². The van der Waals surface area contributed by atoms with E-state index in [-0.39, 0.29) is 15.9 Å². The molecule has 2 unspecified atom stereocenters. The molecular weight excluding hydrogens is 282 g/mol. The fourth-order valence-corrected chi connectivity index (χ4v) is 4.24. The Labute approximate surface area is 118 Å². The van der Waals surface area contributed by atoms with Crippen molar-refractivity contribution in [3.8, 4) is 0 Å². The minimum Gasteiger partial charge on any atom is -0.388 e. The Morgan fingerprint density at radius 3 is 2.58 bits per heavy atom. The largest absolute Gasteiger partial charge is 0.388 e. The van der Waals surface area contributed by atoms with Gasteiger partial charge in [-0.25, -0.2) is 8.42 Å². The number of sulfonamides is 1. The Balaban J connectivity index is 2.32. The summed E-state index contributed by atoms with van der Waals surface area (Å²) < 4.78 is 26.5. The van der Waals surface area contributed by atoms with Gasteiger partial charge in [-0.1, -0.05) is 19.1 Å². The van der Waals surface area contributed by atoms with Crippen molar-refractivity contribution in [1.82, 2.24) is 9.29 Å². The maximum absolute atomic E-state index is 12.5. The first-order chi connectivity index (χ1) is 8.82. The molecule has 0 radical (unpaired) electrons. The Bertz CT molecular complexity index is 583. The van der Waals surface area contributed by atoms with Crippen molar-refractivity contribution < 1.29 is 8.42 Å². The van der Waals surface area contributed by atoms with Crippen LogP contribution in [0.1, 0.15) is 26.0 Å². The molecule has 0 aromatic carbocycles. The average molecular weight is 299 g/mol. The second kappa shape index (κ2) is 5.15. The standard InChI is InChI=1S/C12H17N3O2S2/c1-8-5-9(2)15(7-8)19(16,17)10-3-4-11(12(13)18)14-6-10/h3-4,6,8-9H,5,7H2,1-2H3,(H2,13,18). The van der Waals surface area contributed by atoms with Gasteiger partial charge in [0.1, 0.15) is 9.88 Å². The van der Waals surface area contributed by atoms with Crippen LogP contribution in [-0.2, 0) is 10.0 Å². The molecule has 0 saturated carbocycles. The topological polar surface area (TPSA) is 76.3 Å². The van der Waals surface area contributed by atoms with Crippen molar-refractivity contribution in [1.29, 1.82) is 0 Å². The molecule has 1 aliphatic heterocycles. The lowest BCUT2D eigenvalue weighted by atomic mass is 10.1. The van der Waals surface area contributed by atoms with Crippen LogP contribution in [0.5, 0.6) is 0 Å². The Morgan fingerprint density at radius 1 is 1.47 bits per heavy atom. The van der Waals surface area contributed by atoms with Gasteiger partial charge in [0.2, 0.25) is 10.0 Å². The fraction of sp³-hybridized carbons (Fsp3) is 0.500. The lowest BCUT2D eigenvalue weighted by Gasteiger charge is -2.20. The molecule has 19 heavy (non-hydrogen) atoms. The van der Waals surface area contributed by atoms with Crippen LogP contribution in [0, 0.1) is 5.92 Å². The molecule has 1 saturated heterocycles. The Hall–Kier alpha value is -1.05. The molecule has 2 heterocycles. The van der Waals surface area contributed by atoms with Gasteiger partial charge >= 0.3 is 0 Å². The second-order valence-corrected chi connectivity index (χ2v) is 7.34. The molecule has 104 valence electrons. The first-order valence-corrected chi connectivity index (χ1v) is 7.95. The fourth-order valence-electron chi connectivity index (χ4n) is 2.41. The number of hydrogen-bond donors (Lipinski definition) is 1. The highest BCUT2D eigenvalue weighted by Crippen LogP contribution is 2.28. The van der Waals surface area contributed by atoms with Gasteiger partial charge in [-0.2, -0.15) is 4.31 Å². The zero-order chi connectivity index (χ0) is 14.2. The van der Waals surface area contributed by atoms with Crippen molar-refractivity contribution >= 4 is 27.2 Å². The number of hydrogen-bond acceptors (Lipinski definition) is 4. The van der Waals surface area contributed by atoms with Gasteiger partial charge in [-0.3, -0.25) is 4.98 Å². The Morgan fingerprint density at radius 2 is 2.16 bits per heavy atom. The van der Waals surface area contributed by atoms with E-state index < -0.39 is 10.0 Å². The summed E-state index contributed by atoms with van der Waals surface area (Å²) in [4.78, 5) is 4.34. The van der Waals surface area contributed by atoms with E-state index in [1.165, 1.54) is 16.6 Å². The summed E-state index contributed by atoms with van der Waals surface area (Å²) in [5.74, 6) is 0.383. The van der Waals surface area contributed by atoms with E-state index in [0.717, 1.165) is 6.42 Å². The van der Waals surface area contributed by atoms with E-state index in [2.05, 4.69) is 11.9 Å². The van der Waals surface area contributed by atoms with E-state index in [1.54, 1.807) is 6.07 Å². The molecular formula is C12H17N3O2S2.